The standard InChI is InChI=1S/C15H20N6O.2ClH/c16-12-5-2-1-4-11(12)8-14(22)20-13-6-3-7-18-15(13)21-10-17-9-19-21;;/h3,6-7,9-12H,1-2,4-5,8,16H2,(H,20,22);2*1H. The molecule has 1 aliphatic carbocycles. The lowest BCUT2D eigenvalue weighted by atomic mass is 9.83. The van der Waals surface area contributed by atoms with Crippen molar-refractivity contribution in [1.82, 2.24) is 19.7 Å². The van der Waals surface area contributed by atoms with Crippen LogP contribution in [0.1, 0.15) is 32.1 Å². The summed E-state index contributed by atoms with van der Waals surface area (Å²) in [4.78, 5) is 20.5. The van der Waals surface area contributed by atoms with Gasteiger partial charge in [-0.25, -0.2) is 14.6 Å². The van der Waals surface area contributed by atoms with Crippen LogP contribution >= 0.6 is 24.8 Å². The van der Waals surface area contributed by atoms with Crippen molar-refractivity contribution in [2.75, 3.05) is 5.32 Å². The predicted molar refractivity (Wildman–Crippen MR) is 96.8 cm³/mol. The summed E-state index contributed by atoms with van der Waals surface area (Å²) in [7, 11) is 0. The van der Waals surface area contributed by atoms with E-state index in [1.807, 2.05) is 6.07 Å². The number of aromatic nitrogens is 4. The molecule has 3 N–H and O–H groups in total. The monoisotopic (exact) mass is 372 g/mol. The zero-order valence-electron chi connectivity index (χ0n) is 13.2. The number of nitrogens with zero attached hydrogens (tertiary/aromatic N) is 4. The van der Waals surface area contributed by atoms with Crippen molar-refractivity contribution in [3.05, 3.63) is 31.0 Å². The van der Waals surface area contributed by atoms with Crippen molar-refractivity contribution in [1.29, 1.82) is 0 Å². The van der Waals surface area contributed by atoms with Gasteiger partial charge in [0.25, 0.3) is 0 Å². The van der Waals surface area contributed by atoms with Gasteiger partial charge in [0.15, 0.2) is 5.82 Å². The molecule has 0 spiro atoms. The Kier molecular flexibility index (Phi) is 8.10. The average molecular weight is 373 g/mol. The molecule has 2 aromatic heterocycles. The molecule has 7 nitrogen and oxygen atoms in total. The van der Waals surface area contributed by atoms with Crippen LogP contribution in [0.5, 0.6) is 0 Å². The van der Waals surface area contributed by atoms with E-state index >= 15 is 0 Å². The largest absolute Gasteiger partial charge is 0.327 e. The molecule has 24 heavy (non-hydrogen) atoms. The van der Waals surface area contributed by atoms with E-state index in [1.54, 1.807) is 18.6 Å². The Morgan fingerprint density at radius 3 is 2.83 bits per heavy atom. The second kappa shape index (κ2) is 9.56. The summed E-state index contributed by atoms with van der Waals surface area (Å²) in [6.07, 6.45) is 9.45. The molecule has 0 radical (unpaired) electrons. The van der Waals surface area contributed by atoms with Crippen LogP contribution in [-0.4, -0.2) is 31.7 Å². The number of carbonyl (C=O) groups excluding carboxylic acids is 1. The van der Waals surface area contributed by atoms with Crippen LogP contribution in [0.4, 0.5) is 5.69 Å². The Hall–Kier alpha value is -1.70. The van der Waals surface area contributed by atoms with Crippen LogP contribution in [0.2, 0.25) is 0 Å². The summed E-state index contributed by atoms with van der Waals surface area (Å²) >= 11 is 0. The van der Waals surface area contributed by atoms with E-state index in [9.17, 15) is 4.79 Å². The van der Waals surface area contributed by atoms with Gasteiger partial charge < -0.3 is 11.1 Å². The van der Waals surface area contributed by atoms with Crippen molar-refractivity contribution >= 4 is 36.4 Å². The van der Waals surface area contributed by atoms with Gasteiger partial charge >= 0.3 is 0 Å². The summed E-state index contributed by atoms with van der Waals surface area (Å²) in [5.74, 6) is 0.790. The summed E-state index contributed by atoms with van der Waals surface area (Å²) in [5, 5.41) is 6.97. The van der Waals surface area contributed by atoms with Gasteiger partial charge in [0, 0.05) is 18.7 Å². The first-order valence-electron chi connectivity index (χ1n) is 7.59. The van der Waals surface area contributed by atoms with Gasteiger partial charge in [0.05, 0.1) is 5.69 Å². The minimum absolute atomic E-state index is 0. The van der Waals surface area contributed by atoms with E-state index in [4.69, 9.17) is 5.73 Å². The normalized spacial score (nSPS) is 19.7. The van der Waals surface area contributed by atoms with Gasteiger partial charge in [-0.05, 0) is 30.9 Å². The molecule has 0 saturated heterocycles. The number of hydrogen-bond donors (Lipinski definition) is 2. The number of rotatable bonds is 4. The Balaban J connectivity index is 0.00000144. The summed E-state index contributed by atoms with van der Waals surface area (Å²) in [6, 6.07) is 3.72. The number of amides is 1. The quantitative estimate of drug-likeness (QED) is 0.857. The van der Waals surface area contributed by atoms with Gasteiger partial charge in [-0.3, -0.25) is 4.79 Å². The fourth-order valence-corrected chi connectivity index (χ4v) is 2.92. The van der Waals surface area contributed by atoms with E-state index in [-0.39, 0.29) is 42.7 Å². The van der Waals surface area contributed by atoms with E-state index in [2.05, 4.69) is 20.4 Å². The molecule has 0 aromatic carbocycles. The van der Waals surface area contributed by atoms with Crippen LogP contribution in [0.15, 0.2) is 31.0 Å². The highest BCUT2D eigenvalue weighted by molar-refractivity contribution is 5.92. The lowest BCUT2D eigenvalue weighted by Crippen LogP contribution is -2.35. The van der Waals surface area contributed by atoms with E-state index < -0.39 is 0 Å². The molecule has 2 aromatic rings. The van der Waals surface area contributed by atoms with Gasteiger partial charge in [-0.2, -0.15) is 5.10 Å². The third-order valence-corrected chi connectivity index (χ3v) is 4.11. The first kappa shape index (κ1) is 20.3. The molecule has 0 bridgehead atoms. The topological polar surface area (TPSA) is 98.7 Å². The molecule has 1 aliphatic rings. The van der Waals surface area contributed by atoms with Crippen LogP contribution in [-0.2, 0) is 4.79 Å². The highest BCUT2D eigenvalue weighted by atomic mass is 35.5. The number of hydrogen-bond acceptors (Lipinski definition) is 5. The fraction of sp³-hybridized carbons (Fsp3) is 0.467. The zero-order valence-corrected chi connectivity index (χ0v) is 14.8. The maximum atomic E-state index is 12.3. The first-order valence-corrected chi connectivity index (χ1v) is 7.59. The average Bonchev–Trinajstić information content (AvgIpc) is 3.04. The molecule has 1 saturated carbocycles. The number of pyridine rings is 1. The van der Waals surface area contributed by atoms with E-state index in [0.29, 0.717) is 17.9 Å². The maximum Gasteiger partial charge on any atom is 0.224 e. The SMILES string of the molecule is Cl.Cl.NC1CCCCC1CC(=O)Nc1cccnc1-n1cncn1. The highest BCUT2D eigenvalue weighted by Gasteiger charge is 2.24. The Morgan fingerprint density at radius 2 is 2.12 bits per heavy atom. The van der Waals surface area contributed by atoms with Gasteiger partial charge in [-0.15, -0.1) is 24.8 Å². The molecule has 2 unspecified atom stereocenters. The molecular formula is C15H22Cl2N6O. The van der Waals surface area contributed by atoms with Crippen molar-refractivity contribution in [3.8, 4) is 5.82 Å². The Labute approximate surface area is 153 Å². The first-order chi connectivity index (χ1) is 10.7. The summed E-state index contributed by atoms with van der Waals surface area (Å²) in [6.45, 7) is 0. The third-order valence-electron chi connectivity index (χ3n) is 4.11. The van der Waals surface area contributed by atoms with Crippen molar-refractivity contribution in [2.24, 2.45) is 11.7 Å². The Morgan fingerprint density at radius 1 is 1.33 bits per heavy atom. The van der Waals surface area contributed by atoms with Gasteiger partial charge in [0.1, 0.15) is 12.7 Å². The molecule has 1 fully saturated rings. The van der Waals surface area contributed by atoms with Crippen molar-refractivity contribution < 1.29 is 4.79 Å². The molecular weight excluding hydrogens is 351 g/mol. The fourth-order valence-electron chi connectivity index (χ4n) is 2.92. The molecule has 2 atom stereocenters. The van der Waals surface area contributed by atoms with Crippen LogP contribution in [0.25, 0.3) is 5.82 Å². The molecule has 1 amide bonds. The number of carbonyl (C=O) groups is 1. The number of halogens is 2. The van der Waals surface area contributed by atoms with Gasteiger partial charge in [-0.1, -0.05) is 12.8 Å². The van der Waals surface area contributed by atoms with Crippen LogP contribution in [0, 0.1) is 5.92 Å². The van der Waals surface area contributed by atoms with E-state index in [1.165, 1.54) is 17.4 Å². The summed E-state index contributed by atoms with van der Waals surface area (Å²) in [5.41, 5.74) is 6.74. The minimum atomic E-state index is -0.0308. The van der Waals surface area contributed by atoms with Gasteiger partial charge in [0.2, 0.25) is 5.91 Å². The van der Waals surface area contributed by atoms with Crippen LogP contribution < -0.4 is 11.1 Å². The van der Waals surface area contributed by atoms with Crippen molar-refractivity contribution in [2.45, 2.75) is 38.1 Å². The second-order valence-electron chi connectivity index (χ2n) is 5.68. The molecule has 3 rings (SSSR count). The van der Waals surface area contributed by atoms with E-state index in [0.717, 1.165) is 19.3 Å². The number of nitrogens with two attached hydrogens (primary N) is 1. The number of nitrogens with one attached hydrogen (secondary N) is 1. The molecule has 132 valence electrons. The molecule has 2 heterocycles. The predicted octanol–water partition coefficient (Wildman–Crippen LogP) is 2.35. The Bertz CT molecular complexity index is 637. The highest BCUT2D eigenvalue weighted by Crippen LogP contribution is 2.26. The lowest BCUT2D eigenvalue weighted by molar-refractivity contribution is -0.117. The summed E-state index contributed by atoms with van der Waals surface area (Å²) < 4.78 is 1.53. The maximum absolute atomic E-state index is 12.3. The second-order valence-corrected chi connectivity index (χ2v) is 5.68. The van der Waals surface area contributed by atoms with Crippen molar-refractivity contribution in [3.63, 3.8) is 0 Å². The minimum Gasteiger partial charge on any atom is -0.327 e. The lowest BCUT2D eigenvalue weighted by Gasteiger charge is -2.28. The zero-order chi connectivity index (χ0) is 15.4. The third kappa shape index (κ3) is 4.90. The smallest absolute Gasteiger partial charge is 0.224 e. The molecule has 0 aliphatic heterocycles. The molecule has 9 heteroatoms. The van der Waals surface area contributed by atoms with Crippen LogP contribution in [0.3, 0.4) is 0 Å². The number of anilines is 1.